The number of aliphatic hydroxyl groups is 2. The third-order valence-electron chi connectivity index (χ3n) is 4.45. The van der Waals surface area contributed by atoms with E-state index in [1.165, 1.54) is 32.1 Å². The molecule has 0 bridgehead atoms. The smallest absolute Gasteiger partial charge is 0.0938 e. The van der Waals surface area contributed by atoms with Crippen molar-refractivity contribution in [3.05, 3.63) is 0 Å². The average molecular weight is 256 g/mol. The number of β-amino-alcohol motifs (C(OH)–C–C–N with tert-alkyl or cyclic N) is 2. The highest BCUT2D eigenvalue weighted by atomic mass is 16.3. The van der Waals surface area contributed by atoms with Gasteiger partial charge in [0.2, 0.25) is 0 Å². The molecule has 0 aromatic carbocycles. The van der Waals surface area contributed by atoms with Crippen molar-refractivity contribution in [2.75, 3.05) is 26.2 Å². The predicted molar refractivity (Wildman–Crippen MR) is 72.5 cm³/mol. The second kappa shape index (κ2) is 6.85. The van der Waals surface area contributed by atoms with Crippen LogP contribution in [0.4, 0.5) is 0 Å². The molecular weight excluding hydrogens is 228 g/mol. The van der Waals surface area contributed by atoms with Crippen LogP contribution < -0.4 is 5.32 Å². The lowest BCUT2D eigenvalue weighted by Crippen LogP contribution is -2.41. The lowest BCUT2D eigenvalue weighted by atomic mass is 9.94. The van der Waals surface area contributed by atoms with E-state index in [2.05, 4.69) is 17.1 Å². The van der Waals surface area contributed by atoms with Gasteiger partial charge in [-0.15, -0.1) is 0 Å². The number of hydrogen-bond donors (Lipinski definition) is 3. The molecule has 4 atom stereocenters. The van der Waals surface area contributed by atoms with Gasteiger partial charge in [0.05, 0.1) is 12.2 Å². The van der Waals surface area contributed by atoms with Crippen LogP contribution in [0.5, 0.6) is 0 Å². The van der Waals surface area contributed by atoms with Crippen molar-refractivity contribution in [3.8, 4) is 0 Å². The van der Waals surface area contributed by atoms with Gasteiger partial charge in [-0.3, -0.25) is 4.90 Å². The van der Waals surface area contributed by atoms with E-state index in [0.717, 1.165) is 13.1 Å². The zero-order valence-electron chi connectivity index (χ0n) is 11.5. The molecule has 1 heterocycles. The minimum atomic E-state index is -0.548. The third kappa shape index (κ3) is 3.67. The van der Waals surface area contributed by atoms with Gasteiger partial charge in [-0.2, -0.15) is 0 Å². The van der Waals surface area contributed by atoms with Crippen LogP contribution in [0.3, 0.4) is 0 Å². The number of nitrogens with one attached hydrogen (secondary N) is 1. The Kier molecular flexibility index (Phi) is 5.42. The van der Waals surface area contributed by atoms with Crippen molar-refractivity contribution in [3.63, 3.8) is 0 Å². The highest BCUT2D eigenvalue weighted by Gasteiger charge is 2.32. The van der Waals surface area contributed by atoms with Crippen molar-refractivity contribution in [2.24, 2.45) is 5.92 Å². The summed E-state index contributed by atoms with van der Waals surface area (Å²) < 4.78 is 0. The van der Waals surface area contributed by atoms with E-state index in [-0.39, 0.29) is 0 Å². The van der Waals surface area contributed by atoms with Crippen LogP contribution in [0.1, 0.15) is 39.0 Å². The Hall–Kier alpha value is -0.160. The second-order valence-corrected chi connectivity index (χ2v) is 5.92. The SMILES string of the molecule is CCNC1CCCCCC1CN1CC(O)C(O)C1. The van der Waals surface area contributed by atoms with Gasteiger partial charge in [-0.05, 0) is 25.3 Å². The van der Waals surface area contributed by atoms with Gasteiger partial charge in [0.1, 0.15) is 0 Å². The molecule has 2 fully saturated rings. The van der Waals surface area contributed by atoms with Crippen LogP contribution in [-0.2, 0) is 0 Å². The maximum absolute atomic E-state index is 9.62. The monoisotopic (exact) mass is 256 g/mol. The summed E-state index contributed by atoms with van der Waals surface area (Å²) in [6.45, 7) is 5.50. The molecule has 2 aliphatic rings. The fourth-order valence-electron chi connectivity index (χ4n) is 3.46. The van der Waals surface area contributed by atoms with Gasteiger partial charge >= 0.3 is 0 Å². The van der Waals surface area contributed by atoms with E-state index in [9.17, 15) is 10.2 Å². The van der Waals surface area contributed by atoms with Gasteiger partial charge in [-0.1, -0.05) is 26.2 Å². The van der Waals surface area contributed by atoms with E-state index in [4.69, 9.17) is 0 Å². The summed E-state index contributed by atoms with van der Waals surface area (Å²) in [6.07, 6.45) is 5.47. The number of likely N-dealkylation sites (tertiary alicyclic amines) is 1. The zero-order valence-corrected chi connectivity index (χ0v) is 11.5. The van der Waals surface area contributed by atoms with Gasteiger partial charge in [-0.25, -0.2) is 0 Å². The Morgan fingerprint density at radius 1 is 1.06 bits per heavy atom. The lowest BCUT2D eigenvalue weighted by Gasteiger charge is -2.29. The molecule has 1 saturated heterocycles. The normalized spacial score (nSPS) is 38.8. The van der Waals surface area contributed by atoms with Crippen LogP contribution in [0.2, 0.25) is 0 Å². The minimum Gasteiger partial charge on any atom is -0.389 e. The Morgan fingerprint density at radius 3 is 2.39 bits per heavy atom. The number of hydrogen-bond acceptors (Lipinski definition) is 4. The summed E-state index contributed by atoms with van der Waals surface area (Å²) in [5, 5.41) is 22.8. The van der Waals surface area contributed by atoms with Crippen molar-refractivity contribution < 1.29 is 10.2 Å². The minimum absolute atomic E-state index is 0.548. The summed E-state index contributed by atoms with van der Waals surface area (Å²) >= 11 is 0. The standard InChI is InChI=1S/C14H28N2O2/c1-2-15-12-7-5-3-4-6-11(12)8-16-9-13(17)14(18)10-16/h11-15,17-18H,2-10H2,1H3. The summed E-state index contributed by atoms with van der Waals surface area (Å²) in [5.41, 5.74) is 0. The quantitative estimate of drug-likeness (QED) is 0.644. The van der Waals surface area contributed by atoms with E-state index < -0.39 is 12.2 Å². The first-order valence-corrected chi connectivity index (χ1v) is 7.52. The van der Waals surface area contributed by atoms with Gasteiger partial charge < -0.3 is 15.5 Å². The molecule has 4 nitrogen and oxygen atoms in total. The Labute approximate surface area is 110 Å². The van der Waals surface area contributed by atoms with E-state index in [1.54, 1.807) is 0 Å². The van der Waals surface area contributed by atoms with Crippen molar-refractivity contribution >= 4 is 0 Å². The van der Waals surface area contributed by atoms with E-state index >= 15 is 0 Å². The molecule has 4 unspecified atom stereocenters. The van der Waals surface area contributed by atoms with Crippen LogP contribution in [0.15, 0.2) is 0 Å². The lowest BCUT2D eigenvalue weighted by molar-refractivity contribution is 0.0572. The van der Waals surface area contributed by atoms with Gasteiger partial charge in [0, 0.05) is 25.7 Å². The van der Waals surface area contributed by atoms with Crippen LogP contribution in [0, 0.1) is 5.92 Å². The number of rotatable bonds is 4. The third-order valence-corrected chi connectivity index (χ3v) is 4.45. The summed E-state index contributed by atoms with van der Waals surface area (Å²) in [5.74, 6) is 0.671. The van der Waals surface area contributed by atoms with Crippen molar-refractivity contribution in [1.29, 1.82) is 0 Å². The fourth-order valence-corrected chi connectivity index (χ4v) is 3.46. The number of nitrogens with zero attached hydrogens (tertiary/aromatic N) is 1. The van der Waals surface area contributed by atoms with Gasteiger partial charge in [0.25, 0.3) is 0 Å². The topological polar surface area (TPSA) is 55.7 Å². The molecule has 1 aliphatic carbocycles. The summed E-state index contributed by atoms with van der Waals surface area (Å²) in [4.78, 5) is 2.23. The van der Waals surface area contributed by atoms with Crippen LogP contribution >= 0.6 is 0 Å². The zero-order chi connectivity index (χ0) is 13.0. The Bertz CT molecular complexity index is 240. The predicted octanol–water partition coefficient (Wildman–Crippen LogP) is 0.582. The number of aliphatic hydroxyl groups excluding tert-OH is 2. The van der Waals surface area contributed by atoms with Crippen LogP contribution in [0.25, 0.3) is 0 Å². The molecule has 0 amide bonds. The first-order valence-electron chi connectivity index (χ1n) is 7.52. The molecule has 2 rings (SSSR count). The molecule has 106 valence electrons. The van der Waals surface area contributed by atoms with Crippen LogP contribution in [-0.4, -0.2) is 59.5 Å². The fraction of sp³-hybridized carbons (Fsp3) is 1.00. The highest BCUT2D eigenvalue weighted by Crippen LogP contribution is 2.25. The van der Waals surface area contributed by atoms with Gasteiger partial charge in [0.15, 0.2) is 0 Å². The molecule has 0 spiro atoms. The van der Waals surface area contributed by atoms with Crippen molar-refractivity contribution in [2.45, 2.75) is 57.3 Å². The molecule has 18 heavy (non-hydrogen) atoms. The Morgan fingerprint density at radius 2 is 1.72 bits per heavy atom. The van der Waals surface area contributed by atoms with E-state index in [0.29, 0.717) is 25.0 Å². The summed E-state index contributed by atoms with van der Waals surface area (Å²) in [7, 11) is 0. The summed E-state index contributed by atoms with van der Waals surface area (Å²) in [6, 6.07) is 0.618. The molecule has 0 aromatic rings. The molecule has 0 aromatic heterocycles. The maximum atomic E-state index is 9.62. The molecule has 0 radical (unpaired) electrons. The molecule has 1 aliphatic heterocycles. The maximum Gasteiger partial charge on any atom is 0.0938 e. The molecule has 1 saturated carbocycles. The average Bonchev–Trinajstić information content (AvgIpc) is 2.53. The molecule has 4 heteroatoms. The molecule has 3 N–H and O–H groups in total. The first kappa shape index (κ1) is 14.3. The van der Waals surface area contributed by atoms with E-state index in [1.807, 2.05) is 0 Å². The second-order valence-electron chi connectivity index (χ2n) is 5.92. The largest absolute Gasteiger partial charge is 0.389 e. The molecular formula is C14H28N2O2. The first-order chi connectivity index (χ1) is 8.70. The highest BCUT2D eigenvalue weighted by molar-refractivity contribution is 4.88. The Balaban J connectivity index is 1.88. The van der Waals surface area contributed by atoms with Crippen molar-refractivity contribution in [1.82, 2.24) is 10.2 Å².